The lowest BCUT2D eigenvalue weighted by Crippen LogP contribution is -2.48. The minimum Gasteiger partial charge on any atom is -0.458 e. The molecule has 0 aromatic rings. The predicted molar refractivity (Wildman–Crippen MR) is 72.8 cm³/mol. The summed E-state index contributed by atoms with van der Waals surface area (Å²) < 4.78 is 11.0. The quantitative estimate of drug-likeness (QED) is 0.721. The molecule has 0 amide bonds. The van der Waals surface area contributed by atoms with Gasteiger partial charge >= 0.3 is 5.97 Å². The van der Waals surface area contributed by atoms with Crippen molar-refractivity contribution in [2.45, 2.75) is 59.5 Å². The van der Waals surface area contributed by atoms with Crippen LogP contribution in [0.2, 0.25) is 0 Å². The number of carbonyl (C=O) groups is 2. The molecule has 1 aliphatic carbocycles. The molecule has 0 spiro atoms. The van der Waals surface area contributed by atoms with Crippen molar-refractivity contribution in [1.29, 1.82) is 0 Å². The van der Waals surface area contributed by atoms with Gasteiger partial charge in [0.15, 0.2) is 0 Å². The van der Waals surface area contributed by atoms with Crippen LogP contribution >= 0.6 is 0 Å². The Kier molecular flexibility index (Phi) is 4.45. The van der Waals surface area contributed by atoms with Gasteiger partial charge in [0.25, 0.3) is 0 Å². The molecule has 0 N–H and O–H groups in total. The molecule has 1 rings (SSSR count). The van der Waals surface area contributed by atoms with Crippen LogP contribution in [0.4, 0.5) is 0 Å². The van der Waals surface area contributed by atoms with Crippen molar-refractivity contribution in [3.8, 4) is 0 Å². The lowest BCUT2D eigenvalue weighted by atomic mass is 9.77. The fraction of sp³-hybridized carbons (Fsp3) is 0.867. The zero-order chi connectivity index (χ0) is 14.9. The Bertz CT molecular complexity index is 374. The third-order valence-electron chi connectivity index (χ3n) is 4.62. The molecule has 2 atom stereocenters. The zero-order valence-corrected chi connectivity index (χ0v) is 13.0. The number of hydrogen-bond acceptors (Lipinski definition) is 4. The lowest BCUT2D eigenvalue weighted by molar-refractivity contribution is -0.183. The lowest BCUT2D eigenvalue weighted by Gasteiger charge is -2.40. The topological polar surface area (TPSA) is 52.6 Å². The molecule has 1 fully saturated rings. The van der Waals surface area contributed by atoms with Crippen LogP contribution in [0, 0.1) is 10.8 Å². The number of rotatable bonds is 5. The van der Waals surface area contributed by atoms with Crippen molar-refractivity contribution in [3.63, 3.8) is 0 Å². The maximum absolute atomic E-state index is 12.3. The van der Waals surface area contributed by atoms with E-state index in [1.54, 1.807) is 7.11 Å². The fourth-order valence-electron chi connectivity index (χ4n) is 2.44. The van der Waals surface area contributed by atoms with Gasteiger partial charge in [0.1, 0.15) is 11.4 Å². The third-order valence-corrected chi connectivity index (χ3v) is 4.62. The van der Waals surface area contributed by atoms with Crippen LogP contribution in [0.15, 0.2) is 0 Å². The summed E-state index contributed by atoms with van der Waals surface area (Å²) in [5, 5.41) is 0. The highest BCUT2D eigenvalue weighted by atomic mass is 16.6. The molecule has 0 saturated heterocycles. The van der Waals surface area contributed by atoms with E-state index < -0.39 is 16.4 Å². The minimum atomic E-state index is -0.774. The van der Waals surface area contributed by atoms with Crippen molar-refractivity contribution in [2.24, 2.45) is 10.8 Å². The predicted octanol–water partition coefficient (Wildman–Crippen LogP) is 2.74. The Morgan fingerprint density at radius 3 is 2.37 bits per heavy atom. The molecule has 2 unspecified atom stereocenters. The van der Waals surface area contributed by atoms with E-state index in [-0.39, 0.29) is 18.2 Å². The second-order valence-corrected chi connectivity index (χ2v) is 6.74. The van der Waals surface area contributed by atoms with E-state index in [4.69, 9.17) is 9.47 Å². The Balaban J connectivity index is 2.96. The maximum atomic E-state index is 12.3. The normalized spacial score (nSPS) is 31.6. The molecule has 19 heavy (non-hydrogen) atoms. The SMILES string of the molecule is CCC(C)(C)C(=O)OC1(C)CC(=O)CC1(C)COC. The average molecular weight is 270 g/mol. The van der Waals surface area contributed by atoms with Crippen LogP contribution in [-0.4, -0.2) is 31.1 Å². The van der Waals surface area contributed by atoms with E-state index in [1.165, 1.54) is 0 Å². The van der Waals surface area contributed by atoms with Gasteiger partial charge in [-0.25, -0.2) is 0 Å². The first-order valence-electron chi connectivity index (χ1n) is 6.84. The van der Waals surface area contributed by atoms with Crippen LogP contribution in [0.3, 0.4) is 0 Å². The Morgan fingerprint density at radius 2 is 1.89 bits per heavy atom. The molecule has 1 saturated carbocycles. The number of carbonyl (C=O) groups excluding carboxylic acids is 2. The fourth-order valence-corrected chi connectivity index (χ4v) is 2.44. The van der Waals surface area contributed by atoms with Gasteiger partial charge in [-0.05, 0) is 27.2 Å². The van der Waals surface area contributed by atoms with E-state index in [9.17, 15) is 9.59 Å². The largest absolute Gasteiger partial charge is 0.458 e. The van der Waals surface area contributed by atoms with Gasteiger partial charge in [-0.15, -0.1) is 0 Å². The molecule has 110 valence electrons. The maximum Gasteiger partial charge on any atom is 0.312 e. The summed E-state index contributed by atoms with van der Waals surface area (Å²) in [5.74, 6) is -0.112. The first kappa shape index (κ1) is 16.2. The van der Waals surface area contributed by atoms with E-state index in [2.05, 4.69) is 0 Å². The Morgan fingerprint density at radius 1 is 1.32 bits per heavy atom. The summed E-state index contributed by atoms with van der Waals surface area (Å²) in [6, 6.07) is 0. The van der Waals surface area contributed by atoms with Gasteiger partial charge < -0.3 is 9.47 Å². The Hall–Kier alpha value is -0.900. The van der Waals surface area contributed by atoms with E-state index in [1.807, 2.05) is 34.6 Å². The molecule has 0 radical (unpaired) electrons. The monoisotopic (exact) mass is 270 g/mol. The molecular formula is C15H26O4. The summed E-state index contributed by atoms with van der Waals surface area (Å²) in [7, 11) is 1.60. The van der Waals surface area contributed by atoms with Crippen LogP contribution in [-0.2, 0) is 19.1 Å². The van der Waals surface area contributed by atoms with E-state index >= 15 is 0 Å². The summed E-state index contributed by atoms with van der Waals surface area (Å²) in [6.07, 6.45) is 1.38. The Labute approximate surface area is 115 Å². The van der Waals surface area contributed by atoms with Gasteiger partial charge in [0.2, 0.25) is 0 Å². The van der Waals surface area contributed by atoms with Gasteiger partial charge in [0.05, 0.1) is 12.0 Å². The summed E-state index contributed by atoms with van der Waals surface area (Å²) in [4.78, 5) is 24.1. The highest BCUT2D eigenvalue weighted by Crippen LogP contribution is 2.48. The van der Waals surface area contributed by atoms with Gasteiger partial charge in [-0.3, -0.25) is 9.59 Å². The van der Waals surface area contributed by atoms with Gasteiger partial charge in [-0.2, -0.15) is 0 Å². The highest BCUT2D eigenvalue weighted by Gasteiger charge is 2.56. The van der Waals surface area contributed by atoms with Crippen molar-refractivity contribution in [2.75, 3.05) is 13.7 Å². The van der Waals surface area contributed by atoms with Crippen LogP contribution in [0.25, 0.3) is 0 Å². The molecule has 0 heterocycles. The number of ether oxygens (including phenoxy) is 2. The standard InChI is InChI=1S/C15H26O4/c1-7-13(2,3)12(17)19-15(5)9-11(16)8-14(15,4)10-18-6/h7-10H2,1-6H3. The van der Waals surface area contributed by atoms with Crippen molar-refractivity contribution < 1.29 is 19.1 Å². The second-order valence-electron chi connectivity index (χ2n) is 6.74. The second kappa shape index (κ2) is 5.23. The molecule has 0 bridgehead atoms. The van der Waals surface area contributed by atoms with Crippen molar-refractivity contribution >= 4 is 11.8 Å². The van der Waals surface area contributed by atoms with Crippen LogP contribution in [0.5, 0.6) is 0 Å². The molecule has 1 aliphatic rings. The molecule has 0 aromatic heterocycles. The van der Waals surface area contributed by atoms with Crippen LogP contribution < -0.4 is 0 Å². The summed E-state index contributed by atoms with van der Waals surface area (Å²) in [6.45, 7) is 9.90. The number of Topliss-reactive ketones (excluding diaryl/α,β-unsaturated/α-hetero) is 1. The van der Waals surface area contributed by atoms with Gasteiger partial charge in [-0.1, -0.05) is 13.8 Å². The van der Waals surface area contributed by atoms with E-state index in [0.717, 1.165) is 0 Å². The van der Waals surface area contributed by atoms with Crippen molar-refractivity contribution in [3.05, 3.63) is 0 Å². The van der Waals surface area contributed by atoms with E-state index in [0.29, 0.717) is 19.4 Å². The highest BCUT2D eigenvalue weighted by molar-refractivity contribution is 5.85. The molecule has 0 aromatic carbocycles. The zero-order valence-electron chi connectivity index (χ0n) is 13.0. The average Bonchev–Trinajstić information content (AvgIpc) is 2.49. The summed E-state index contributed by atoms with van der Waals surface area (Å²) in [5.41, 5.74) is -1.75. The molecular weight excluding hydrogens is 244 g/mol. The molecule has 4 nitrogen and oxygen atoms in total. The smallest absolute Gasteiger partial charge is 0.312 e. The number of methoxy groups -OCH3 is 1. The first-order valence-corrected chi connectivity index (χ1v) is 6.84. The number of esters is 1. The third kappa shape index (κ3) is 2.99. The minimum absolute atomic E-state index is 0.129. The van der Waals surface area contributed by atoms with Gasteiger partial charge in [0, 0.05) is 25.4 Å². The molecule has 4 heteroatoms. The number of ketones is 1. The van der Waals surface area contributed by atoms with Crippen LogP contribution in [0.1, 0.15) is 53.9 Å². The number of hydrogen-bond donors (Lipinski definition) is 0. The van der Waals surface area contributed by atoms with Crippen molar-refractivity contribution in [1.82, 2.24) is 0 Å². The molecule has 0 aliphatic heterocycles. The summed E-state index contributed by atoms with van der Waals surface area (Å²) >= 11 is 0. The first-order chi connectivity index (χ1) is 8.60.